The second kappa shape index (κ2) is 12.6. The number of carbonyl (C=O) groups is 1. The van der Waals surface area contributed by atoms with Crippen LogP contribution in [0.5, 0.6) is 0 Å². The van der Waals surface area contributed by atoms with Crippen LogP contribution in [0.3, 0.4) is 0 Å². The first-order valence-corrected chi connectivity index (χ1v) is 12.8. The third kappa shape index (κ3) is 8.13. The quantitative estimate of drug-likeness (QED) is 0.341. The maximum atomic E-state index is 14.5. The second-order valence-electron chi connectivity index (χ2n) is 10.5. The Balaban J connectivity index is 1.52. The fourth-order valence-electron chi connectivity index (χ4n) is 5.23. The molecule has 0 radical (unpaired) electrons. The number of nitrogens with one attached hydrogen (secondary N) is 1. The highest BCUT2D eigenvalue weighted by molar-refractivity contribution is 5.67. The zero-order valence-electron chi connectivity index (χ0n) is 21.2. The zero-order valence-corrected chi connectivity index (χ0v) is 21.2. The maximum absolute atomic E-state index is 14.5. The van der Waals surface area contributed by atoms with Crippen molar-refractivity contribution in [2.24, 2.45) is 5.92 Å². The molecule has 35 heavy (non-hydrogen) atoms. The average Bonchev–Trinajstić information content (AvgIpc) is 3.21. The Kier molecular flexibility index (Phi) is 9.84. The predicted molar refractivity (Wildman–Crippen MR) is 136 cm³/mol. The SMILES string of the molecule is CCC[C@@H](OC[C@H](O)CNC(C)(C)CC1Cc2ccccc2C1)c1cccc(F)c1CCC(=O)O. The lowest BCUT2D eigenvalue weighted by Gasteiger charge is -2.31. The van der Waals surface area contributed by atoms with Crippen molar-refractivity contribution in [1.82, 2.24) is 5.32 Å². The van der Waals surface area contributed by atoms with Crippen LogP contribution in [0.2, 0.25) is 0 Å². The van der Waals surface area contributed by atoms with Gasteiger partial charge in [-0.3, -0.25) is 4.79 Å². The number of carboxylic acids is 1. The topological polar surface area (TPSA) is 78.8 Å². The van der Waals surface area contributed by atoms with Gasteiger partial charge in [0, 0.05) is 18.5 Å². The highest BCUT2D eigenvalue weighted by atomic mass is 19.1. The summed E-state index contributed by atoms with van der Waals surface area (Å²) in [6.45, 7) is 6.89. The molecule has 0 unspecified atom stereocenters. The minimum atomic E-state index is -0.960. The van der Waals surface area contributed by atoms with Crippen LogP contribution >= 0.6 is 0 Å². The van der Waals surface area contributed by atoms with Crippen LogP contribution in [0.25, 0.3) is 0 Å². The molecular weight excluding hydrogens is 445 g/mol. The van der Waals surface area contributed by atoms with Gasteiger partial charge in [-0.2, -0.15) is 0 Å². The Hall–Kier alpha value is -2.28. The first kappa shape index (κ1) is 27.3. The van der Waals surface area contributed by atoms with Gasteiger partial charge in [0.2, 0.25) is 0 Å². The Morgan fingerprint density at radius 2 is 1.86 bits per heavy atom. The van der Waals surface area contributed by atoms with Gasteiger partial charge in [0.15, 0.2) is 0 Å². The fraction of sp³-hybridized carbons (Fsp3) is 0.552. The summed E-state index contributed by atoms with van der Waals surface area (Å²) < 4.78 is 20.6. The molecule has 0 fully saturated rings. The predicted octanol–water partition coefficient (Wildman–Crippen LogP) is 5.23. The van der Waals surface area contributed by atoms with E-state index >= 15 is 0 Å². The van der Waals surface area contributed by atoms with Crippen LogP contribution in [0.1, 0.15) is 74.8 Å². The maximum Gasteiger partial charge on any atom is 0.303 e. The summed E-state index contributed by atoms with van der Waals surface area (Å²) in [5.74, 6) is -0.779. The van der Waals surface area contributed by atoms with E-state index < -0.39 is 17.9 Å². The molecule has 0 amide bonds. The molecule has 3 rings (SSSR count). The van der Waals surface area contributed by atoms with Crippen LogP contribution in [-0.2, 0) is 28.8 Å². The number of fused-ring (bicyclic) bond motifs is 1. The molecule has 2 atom stereocenters. The third-order valence-electron chi connectivity index (χ3n) is 6.88. The van der Waals surface area contributed by atoms with E-state index in [0.717, 1.165) is 25.7 Å². The lowest BCUT2D eigenvalue weighted by Crippen LogP contribution is -2.45. The summed E-state index contributed by atoms with van der Waals surface area (Å²) in [5, 5.41) is 23.2. The number of β-amino-alcohol motifs (C(OH)–C–C–N with tert-alkyl or cyclic N) is 1. The van der Waals surface area contributed by atoms with Crippen LogP contribution < -0.4 is 5.32 Å². The average molecular weight is 486 g/mol. The molecule has 1 aliphatic rings. The van der Waals surface area contributed by atoms with Crippen LogP contribution in [0, 0.1) is 11.7 Å². The largest absolute Gasteiger partial charge is 0.481 e. The molecular formula is C29H40FNO4. The van der Waals surface area contributed by atoms with E-state index in [4.69, 9.17) is 9.84 Å². The van der Waals surface area contributed by atoms with Gasteiger partial charge in [-0.25, -0.2) is 4.39 Å². The van der Waals surface area contributed by atoms with E-state index in [0.29, 0.717) is 30.0 Å². The molecule has 5 nitrogen and oxygen atoms in total. The Bertz CT molecular complexity index is 952. The number of halogens is 1. The van der Waals surface area contributed by atoms with Gasteiger partial charge < -0.3 is 20.3 Å². The smallest absolute Gasteiger partial charge is 0.303 e. The molecule has 192 valence electrons. The van der Waals surface area contributed by atoms with Crippen molar-refractivity contribution in [3.05, 3.63) is 70.5 Å². The highest BCUT2D eigenvalue weighted by Crippen LogP contribution is 2.32. The van der Waals surface area contributed by atoms with Crippen molar-refractivity contribution in [2.45, 2.75) is 83.5 Å². The van der Waals surface area contributed by atoms with Crippen LogP contribution in [0.15, 0.2) is 42.5 Å². The number of aliphatic hydroxyl groups is 1. The van der Waals surface area contributed by atoms with Gasteiger partial charge >= 0.3 is 5.97 Å². The molecule has 2 aromatic rings. The normalized spacial score (nSPS) is 15.7. The number of ether oxygens (including phenoxy) is 1. The van der Waals surface area contributed by atoms with Crippen molar-refractivity contribution in [1.29, 1.82) is 0 Å². The lowest BCUT2D eigenvalue weighted by molar-refractivity contribution is -0.136. The number of carboxylic acid groups (broad SMARTS) is 1. The molecule has 2 aromatic carbocycles. The zero-order chi connectivity index (χ0) is 25.4. The molecule has 3 N–H and O–H groups in total. The summed E-state index contributed by atoms with van der Waals surface area (Å²) >= 11 is 0. The summed E-state index contributed by atoms with van der Waals surface area (Å²) in [4.78, 5) is 11.0. The van der Waals surface area contributed by atoms with Gasteiger partial charge in [-0.15, -0.1) is 0 Å². The molecule has 1 aliphatic carbocycles. The van der Waals surface area contributed by atoms with E-state index in [1.54, 1.807) is 12.1 Å². The molecule has 0 spiro atoms. The summed E-state index contributed by atoms with van der Waals surface area (Å²) in [6, 6.07) is 13.4. The van der Waals surface area contributed by atoms with Crippen molar-refractivity contribution in [3.8, 4) is 0 Å². The Morgan fingerprint density at radius 3 is 2.49 bits per heavy atom. The summed E-state index contributed by atoms with van der Waals surface area (Å²) in [7, 11) is 0. The number of rotatable bonds is 14. The molecule has 0 heterocycles. The van der Waals surface area contributed by atoms with Crippen molar-refractivity contribution in [2.75, 3.05) is 13.2 Å². The van der Waals surface area contributed by atoms with Crippen molar-refractivity contribution >= 4 is 5.97 Å². The summed E-state index contributed by atoms with van der Waals surface area (Å²) in [6.07, 6.45) is 3.59. The van der Waals surface area contributed by atoms with Crippen molar-refractivity contribution < 1.29 is 24.1 Å². The van der Waals surface area contributed by atoms with Crippen LogP contribution in [-0.4, -0.2) is 41.0 Å². The molecule has 0 saturated heterocycles. The standard InChI is InChI=1S/C29H40FNO4/c1-4-8-27(25-11-7-12-26(30)24(25)13-14-28(33)34)35-19-23(32)18-31-29(2,3)17-20-15-21-9-5-6-10-22(21)16-20/h5-7,9-12,20,23,27,31-32H,4,8,13-19H2,1-3H3,(H,33,34)/t23-,27-/m1/s1. The van der Waals surface area contributed by atoms with E-state index in [1.807, 2.05) is 6.92 Å². The first-order valence-electron chi connectivity index (χ1n) is 12.8. The second-order valence-corrected chi connectivity index (χ2v) is 10.5. The minimum absolute atomic E-state index is 0.115. The van der Waals surface area contributed by atoms with E-state index in [9.17, 15) is 14.3 Å². The van der Waals surface area contributed by atoms with Crippen LogP contribution in [0.4, 0.5) is 4.39 Å². The number of benzene rings is 2. The lowest BCUT2D eigenvalue weighted by atomic mass is 9.88. The number of hydrogen-bond acceptors (Lipinski definition) is 4. The Labute approximate surface area is 208 Å². The molecule has 6 heteroatoms. The van der Waals surface area contributed by atoms with Gasteiger partial charge in [-0.05, 0) is 80.2 Å². The minimum Gasteiger partial charge on any atom is -0.481 e. The molecule has 0 aromatic heterocycles. The van der Waals surface area contributed by atoms with E-state index in [2.05, 4.69) is 43.4 Å². The highest BCUT2D eigenvalue weighted by Gasteiger charge is 2.28. The van der Waals surface area contributed by atoms with E-state index in [1.165, 1.54) is 17.2 Å². The molecule has 0 bridgehead atoms. The number of hydrogen-bond donors (Lipinski definition) is 3. The monoisotopic (exact) mass is 485 g/mol. The van der Waals surface area contributed by atoms with Gasteiger partial charge in [0.25, 0.3) is 0 Å². The first-order chi connectivity index (χ1) is 16.7. The van der Waals surface area contributed by atoms with Crippen molar-refractivity contribution in [3.63, 3.8) is 0 Å². The van der Waals surface area contributed by atoms with Gasteiger partial charge in [0.05, 0.1) is 18.8 Å². The summed E-state index contributed by atoms with van der Waals surface area (Å²) in [5.41, 5.74) is 3.84. The Morgan fingerprint density at radius 1 is 1.17 bits per heavy atom. The van der Waals surface area contributed by atoms with E-state index in [-0.39, 0.29) is 31.1 Å². The molecule has 0 aliphatic heterocycles. The fourth-order valence-corrected chi connectivity index (χ4v) is 5.23. The third-order valence-corrected chi connectivity index (χ3v) is 6.88. The number of aliphatic hydroxyl groups excluding tert-OH is 1. The van der Waals surface area contributed by atoms with Gasteiger partial charge in [0.1, 0.15) is 5.82 Å². The van der Waals surface area contributed by atoms with Gasteiger partial charge in [-0.1, -0.05) is 49.7 Å². The number of aliphatic carboxylic acids is 1. The molecule has 0 saturated carbocycles.